The van der Waals surface area contributed by atoms with Gasteiger partial charge in [0.15, 0.2) is 0 Å². The van der Waals surface area contributed by atoms with Gasteiger partial charge in [0.2, 0.25) is 0 Å². The number of rotatable bonds is 2. The van der Waals surface area contributed by atoms with Crippen LogP contribution in [0.15, 0.2) is 41.2 Å². The molecule has 4 heteroatoms. The predicted octanol–water partition coefficient (Wildman–Crippen LogP) is 0.503. The fourth-order valence-corrected chi connectivity index (χ4v) is 6.03. The molecule has 3 aliphatic heterocycles. The van der Waals surface area contributed by atoms with E-state index in [0.29, 0.717) is 11.8 Å². The van der Waals surface area contributed by atoms with Crippen molar-refractivity contribution in [3.8, 4) is 11.1 Å². The summed E-state index contributed by atoms with van der Waals surface area (Å²) in [6.45, 7) is 8.10. The third-order valence-corrected chi connectivity index (χ3v) is 7.60. The Morgan fingerprint density at radius 3 is 2.57 bits per heavy atom. The summed E-state index contributed by atoms with van der Waals surface area (Å²) in [4.78, 5) is 16.9. The van der Waals surface area contributed by atoms with Gasteiger partial charge in [-0.2, -0.15) is 0 Å². The van der Waals surface area contributed by atoms with Crippen molar-refractivity contribution in [3.05, 3.63) is 58.0 Å². The molecule has 1 aromatic carbocycles. The third-order valence-electron chi connectivity index (χ3n) is 7.60. The van der Waals surface area contributed by atoms with Gasteiger partial charge in [0.1, 0.15) is 0 Å². The van der Waals surface area contributed by atoms with Gasteiger partial charge in [-0.15, -0.1) is 0 Å². The van der Waals surface area contributed by atoms with E-state index in [1.54, 1.807) is 4.90 Å². The Morgan fingerprint density at radius 2 is 1.79 bits per heavy atom. The highest BCUT2D eigenvalue weighted by atomic mass is 16.1. The number of nitrogens with one attached hydrogen (secondary N) is 2. The quantitative estimate of drug-likeness (QED) is 0.782. The summed E-state index contributed by atoms with van der Waals surface area (Å²) in [5.74, 6) is 1.20. The summed E-state index contributed by atoms with van der Waals surface area (Å²) in [6, 6.07) is 13.4. The molecule has 5 rings (SSSR count). The average Bonchev–Trinajstić information content (AvgIpc) is 2.70. The lowest BCUT2D eigenvalue weighted by Gasteiger charge is -2.44. The van der Waals surface area contributed by atoms with Crippen molar-refractivity contribution < 1.29 is 9.80 Å². The molecule has 0 spiro atoms. The van der Waals surface area contributed by atoms with Crippen molar-refractivity contribution in [3.63, 3.8) is 0 Å². The molecule has 0 amide bonds. The molecule has 2 bridgehead atoms. The maximum Gasteiger partial charge on any atom is 0.258 e. The van der Waals surface area contributed by atoms with Gasteiger partial charge in [-0.1, -0.05) is 24.3 Å². The summed E-state index contributed by atoms with van der Waals surface area (Å²) >= 11 is 0. The topological polar surface area (TPSA) is 30.9 Å². The van der Waals surface area contributed by atoms with Crippen LogP contribution in [-0.2, 0) is 6.54 Å². The van der Waals surface area contributed by atoms with E-state index in [0.717, 1.165) is 23.7 Å². The second kappa shape index (κ2) is 7.16. The minimum absolute atomic E-state index is 0.216. The molecule has 1 aromatic heterocycles. The van der Waals surface area contributed by atoms with Crippen LogP contribution in [0.2, 0.25) is 0 Å². The third kappa shape index (κ3) is 3.13. The van der Waals surface area contributed by atoms with Gasteiger partial charge in [0.25, 0.3) is 5.56 Å². The Balaban J connectivity index is 1.44. The first-order valence-electron chi connectivity index (χ1n) is 11.1. The highest BCUT2D eigenvalue weighted by molar-refractivity contribution is 5.66. The van der Waals surface area contributed by atoms with E-state index >= 15 is 0 Å². The average molecular weight is 380 g/mol. The molecule has 0 aliphatic carbocycles. The monoisotopic (exact) mass is 379 g/mol. The minimum Gasteiger partial charge on any atom is -0.337 e. The van der Waals surface area contributed by atoms with Crippen molar-refractivity contribution in [1.82, 2.24) is 4.57 Å². The summed E-state index contributed by atoms with van der Waals surface area (Å²) in [5.41, 5.74) is 4.63. The Bertz CT molecular complexity index is 926. The van der Waals surface area contributed by atoms with Gasteiger partial charge >= 0.3 is 0 Å². The van der Waals surface area contributed by atoms with Crippen LogP contribution in [-0.4, -0.2) is 43.8 Å². The minimum atomic E-state index is 0.216. The molecule has 4 heterocycles. The zero-order chi connectivity index (χ0) is 19.3. The molecule has 28 heavy (non-hydrogen) atoms. The molecule has 148 valence electrons. The van der Waals surface area contributed by atoms with Gasteiger partial charge in [-0.05, 0) is 36.6 Å². The molecule has 0 radical (unpaired) electrons. The van der Waals surface area contributed by atoms with Gasteiger partial charge in [0, 0.05) is 42.5 Å². The van der Waals surface area contributed by atoms with Gasteiger partial charge in [-0.25, -0.2) is 0 Å². The first kappa shape index (κ1) is 18.1. The van der Waals surface area contributed by atoms with Crippen LogP contribution in [0.25, 0.3) is 11.1 Å². The molecule has 3 aliphatic rings. The maximum absolute atomic E-state index is 13.4. The maximum atomic E-state index is 13.4. The van der Waals surface area contributed by atoms with Crippen LogP contribution in [0.4, 0.5) is 0 Å². The fraction of sp³-hybridized carbons (Fsp3) is 0.542. The SMILES string of the molecule is Cc1ccccc1-c1ccc2n(c1=O)C[C@H]1C[C@@H]2C[NH+](C2CC[NH+](C)CC2)C1. The van der Waals surface area contributed by atoms with Crippen LogP contribution >= 0.6 is 0 Å². The normalized spacial score (nSPS) is 32.0. The van der Waals surface area contributed by atoms with E-state index in [4.69, 9.17) is 0 Å². The lowest BCUT2D eigenvalue weighted by atomic mass is 9.81. The molecule has 3 atom stereocenters. The van der Waals surface area contributed by atoms with Gasteiger partial charge in [-0.3, -0.25) is 4.79 Å². The Morgan fingerprint density at radius 1 is 1.00 bits per heavy atom. The second-order valence-corrected chi connectivity index (χ2v) is 9.50. The second-order valence-electron chi connectivity index (χ2n) is 9.50. The molecule has 1 unspecified atom stereocenters. The number of hydrogen-bond acceptors (Lipinski definition) is 1. The Kier molecular flexibility index (Phi) is 4.64. The molecule has 0 saturated carbocycles. The number of hydrogen-bond donors (Lipinski definition) is 2. The summed E-state index contributed by atoms with van der Waals surface area (Å²) < 4.78 is 2.12. The van der Waals surface area contributed by atoms with Crippen molar-refractivity contribution in [2.24, 2.45) is 5.92 Å². The molecular formula is C24H33N3O+2. The van der Waals surface area contributed by atoms with Crippen LogP contribution < -0.4 is 15.4 Å². The summed E-state index contributed by atoms with van der Waals surface area (Å²) in [6.07, 6.45) is 3.99. The standard InChI is InChI=1S/C24H31N3O/c1-17-5-3-4-6-21(17)22-7-8-23-19-13-18(15-27(23)24(22)28)14-26(16-19)20-9-11-25(2)12-10-20/h3-8,18-20H,9-16H2,1-2H3/p+2/t18-,19+/m0/s1. The molecule has 2 aromatic rings. The Hall–Kier alpha value is -1.91. The number of fused-ring (bicyclic) bond motifs is 4. The van der Waals surface area contributed by atoms with Crippen LogP contribution in [0.1, 0.15) is 36.4 Å². The number of aryl methyl sites for hydroxylation is 1. The summed E-state index contributed by atoms with van der Waals surface area (Å²) in [5, 5.41) is 0. The molecular weight excluding hydrogens is 346 g/mol. The summed E-state index contributed by atoms with van der Waals surface area (Å²) in [7, 11) is 2.32. The van der Waals surface area contributed by atoms with E-state index in [2.05, 4.69) is 42.8 Å². The molecule has 2 saturated heterocycles. The number of quaternary nitrogens is 2. The number of aromatic nitrogens is 1. The van der Waals surface area contributed by atoms with Gasteiger partial charge < -0.3 is 14.4 Å². The van der Waals surface area contributed by atoms with Crippen LogP contribution in [0.5, 0.6) is 0 Å². The zero-order valence-corrected chi connectivity index (χ0v) is 17.2. The Labute approximate surface area is 167 Å². The van der Waals surface area contributed by atoms with E-state index in [-0.39, 0.29) is 5.56 Å². The smallest absolute Gasteiger partial charge is 0.258 e. The number of benzene rings is 1. The predicted molar refractivity (Wildman–Crippen MR) is 112 cm³/mol. The van der Waals surface area contributed by atoms with E-state index in [9.17, 15) is 4.79 Å². The molecule has 4 nitrogen and oxygen atoms in total. The van der Waals surface area contributed by atoms with Crippen LogP contribution in [0, 0.1) is 12.8 Å². The highest BCUT2D eigenvalue weighted by Gasteiger charge is 2.41. The number of pyridine rings is 1. The molecule has 2 fully saturated rings. The largest absolute Gasteiger partial charge is 0.337 e. The van der Waals surface area contributed by atoms with Crippen LogP contribution in [0.3, 0.4) is 0 Å². The lowest BCUT2D eigenvalue weighted by molar-refractivity contribution is -0.959. The van der Waals surface area contributed by atoms with Crippen molar-refractivity contribution in [2.45, 2.75) is 44.7 Å². The number of piperidine rings is 2. The fourth-order valence-electron chi connectivity index (χ4n) is 6.03. The number of likely N-dealkylation sites (tertiary alicyclic amines) is 2. The lowest BCUT2D eigenvalue weighted by Crippen LogP contribution is -3.21. The van der Waals surface area contributed by atoms with E-state index in [1.165, 1.54) is 56.7 Å². The highest BCUT2D eigenvalue weighted by Crippen LogP contribution is 2.32. The first-order chi connectivity index (χ1) is 13.6. The van der Waals surface area contributed by atoms with Gasteiger partial charge in [0.05, 0.1) is 39.3 Å². The molecule has 2 N–H and O–H groups in total. The first-order valence-corrected chi connectivity index (χ1v) is 11.1. The van der Waals surface area contributed by atoms with Crippen molar-refractivity contribution >= 4 is 0 Å². The number of nitrogens with zero attached hydrogens (tertiary/aromatic N) is 1. The van der Waals surface area contributed by atoms with E-state index in [1.807, 2.05) is 17.0 Å². The van der Waals surface area contributed by atoms with Crippen molar-refractivity contribution in [1.29, 1.82) is 0 Å². The zero-order valence-electron chi connectivity index (χ0n) is 17.2. The van der Waals surface area contributed by atoms with E-state index < -0.39 is 0 Å². The van der Waals surface area contributed by atoms with Crippen molar-refractivity contribution in [2.75, 3.05) is 33.2 Å².